The quantitative estimate of drug-likeness (QED) is 0.706. The number of rotatable bonds is 1. The molecule has 0 N–H and O–H groups in total. The minimum absolute atomic E-state index is 0.0119. The van der Waals surface area contributed by atoms with Crippen LogP contribution in [0.25, 0.3) is 11.3 Å². The Morgan fingerprint density at radius 2 is 1.32 bits per heavy atom. The fourth-order valence-electron chi connectivity index (χ4n) is 1.97. The largest absolute Gasteiger partial charge is 0.416 e. The fraction of sp³-hybridized carbons (Fsp3) is 0.286. The second kappa shape index (κ2) is 5.26. The van der Waals surface area contributed by atoms with Crippen LogP contribution in [-0.2, 0) is 12.4 Å². The summed E-state index contributed by atoms with van der Waals surface area (Å²) in [7, 11) is 0. The second-order valence-corrected chi connectivity index (χ2v) is 4.74. The van der Waals surface area contributed by atoms with Crippen molar-refractivity contribution in [1.82, 2.24) is 9.97 Å². The molecule has 0 fully saturated rings. The van der Waals surface area contributed by atoms with Crippen LogP contribution in [0.5, 0.6) is 0 Å². The lowest BCUT2D eigenvalue weighted by Crippen LogP contribution is -2.11. The lowest BCUT2D eigenvalue weighted by molar-refractivity contribution is -0.143. The van der Waals surface area contributed by atoms with Crippen LogP contribution in [0, 0.1) is 13.8 Å². The summed E-state index contributed by atoms with van der Waals surface area (Å²) in [5, 5.41) is 0. The molecule has 0 saturated heterocycles. The molecule has 0 unspecified atom stereocenters. The molecule has 0 amide bonds. The van der Waals surface area contributed by atoms with Crippen molar-refractivity contribution in [2.24, 2.45) is 0 Å². The lowest BCUT2D eigenvalue weighted by Gasteiger charge is -2.14. The Bertz CT molecular complexity index is 671. The van der Waals surface area contributed by atoms with Crippen LogP contribution in [-0.4, -0.2) is 9.97 Å². The number of benzene rings is 1. The van der Waals surface area contributed by atoms with E-state index in [-0.39, 0.29) is 23.0 Å². The first-order valence-corrected chi connectivity index (χ1v) is 6.08. The maximum atomic E-state index is 12.8. The van der Waals surface area contributed by atoms with Gasteiger partial charge in [0, 0.05) is 11.8 Å². The summed E-state index contributed by atoms with van der Waals surface area (Å²) >= 11 is 0. The highest BCUT2D eigenvalue weighted by Gasteiger charge is 2.37. The van der Waals surface area contributed by atoms with E-state index in [1.807, 2.05) is 0 Å². The number of halogens is 6. The minimum atomic E-state index is -4.89. The highest BCUT2D eigenvalue weighted by Crippen LogP contribution is 2.38. The smallest absolute Gasteiger partial charge is 0.255 e. The van der Waals surface area contributed by atoms with E-state index < -0.39 is 23.5 Å². The summed E-state index contributed by atoms with van der Waals surface area (Å²) in [4.78, 5) is 7.91. The summed E-state index contributed by atoms with van der Waals surface area (Å²) in [6, 6.07) is 1.36. The molecule has 0 saturated carbocycles. The molecule has 2 nitrogen and oxygen atoms in total. The number of aryl methyl sites for hydroxylation is 2. The van der Waals surface area contributed by atoms with Crippen molar-refractivity contribution < 1.29 is 26.3 Å². The average Bonchev–Trinajstić information content (AvgIpc) is 2.36. The van der Waals surface area contributed by atoms with Crippen molar-refractivity contribution in [1.29, 1.82) is 0 Å². The predicted molar refractivity (Wildman–Crippen MR) is 66.9 cm³/mol. The van der Waals surface area contributed by atoms with Crippen molar-refractivity contribution in [2.75, 3.05) is 0 Å². The third-order valence-electron chi connectivity index (χ3n) is 2.93. The Kier molecular flexibility index (Phi) is 3.88. The van der Waals surface area contributed by atoms with E-state index in [0.717, 1.165) is 0 Å². The zero-order valence-corrected chi connectivity index (χ0v) is 11.5. The number of hydrogen-bond acceptors (Lipinski definition) is 2. The molecule has 22 heavy (non-hydrogen) atoms. The molecule has 0 radical (unpaired) electrons. The highest BCUT2D eigenvalue weighted by molar-refractivity contribution is 5.64. The van der Waals surface area contributed by atoms with Crippen LogP contribution in [0.4, 0.5) is 26.3 Å². The van der Waals surface area contributed by atoms with E-state index in [4.69, 9.17) is 0 Å². The van der Waals surface area contributed by atoms with Crippen molar-refractivity contribution in [3.8, 4) is 11.3 Å². The first-order chi connectivity index (χ1) is 9.98. The van der Waals surface area contributed by atoms with E-state index in [9.17, 15) is 26.3 Å². The first kappa shape index (κ1) is 16.3. The fourth-order valence-corrected chi connectivity index (χ4v) is 1.97. The van der Waals surface area contributed by atoms with Gasteiger partial charge in [-0.05, 0) is 32.0 Å². The number of aromatic nitrogens is 2. The van der Waals surface area contributed by atoms with Gasteiger partial charge in [0.25, 0.3) is 0 Å². The van der Waals surface area contributed by atoms with Crippen LogP contribution in [0.2, 0.25) is 0 Å². The van der Waals surface area contributed by atoms with Gasteiger partial charge < -0.3 is 0 Å². The highest BCUT2D eigenvalue weighted by atomic mass is 19.4. The van der Waals surface area contributed by atoms with Crippen molar-refractivity contribution in [3.63, 3.8) is 0 Å². The predicted octanol–water partition coefficient (Wildman–Crippen LogP) is 4.80. The summed E-state index contributed by atoms with van der Waals surface area (Å²) in [6.07, 6.45) is -8.49. The van der Waals surface area contributed by atoms with Gasteiger partial charge in [-0.1, -0.05) is 0 Å². The third kappa shape index (κ3) is 3.37. The van der Waals surface area contributed by atoms with E-state index in [0.29, 0.717) is 17.8 Å². The molecule has 0 bridgehead atoms. The Morgan fingerprint density at radius 1 is 0.818 bits per heavy atom. The molecule has 1 aromatic heterocycles. The molecule has 0 spiro atoms. The van der Waals surface area contributed by atoms with Crippen LogP contribution in [0.3, 0.4) is 0 Å². The normalized spacial score (nSPS) is 12.5. The van der Waals surface area contributed by atoms with Crippen molar-refractivity contribution in [3.05, 3.63) is 46.9 Å². The Morgan fingerprint density at radius 3 is 1.73 bits per heavy atom. The van der Waals surface area contributed by atoms with Crippen molar-refractivity contribution in [2.45, 2.75) is 26.2 Å². The van der Waals surface area contributed by atoms with E-state index >= 15 is 0 Å². The zero-order chi connectivity index (χ0) is 16.7. The third-order valence-corrected chi connectivity index (χ3v) is 2.93. The lowest BCUT2D eigenvalue weighted by atomic mass is 10.0. The van der Waals surface area contributed by atoms with Gasteiger partial charge >= 0.3 is 12.4 Å². The van der Waals surface area contributed by atoms with Gasteiger partial charge in [0.15, 0.2) is 0 Å². The van der Waals surface area contributed by atoms with Gasteiger partial charge in [-0.3, -0.25) is 9.97 Å². The van der Waals surface area contributed by atoms with E-state index in [2.05, 4.69) is 9.97 Å². The summed E-state index contributed by atoms with van der Waals surface area (Å²) in [6.45, 7) is 3.10. The average molecular weight is 320 g/mol. The molecular weight excluding hydrogens is 310 g/mol. The van der Waals surface area contributed by atoms with Gasteiger partial charge in [0.05, 0.1) is 28.2 Å². The molecule has 2 aromatic rings. The molecule has 0 aliphatic rings. The van der Waals surface area contributed by atoms with E-state index in [1.54, 1.807) is 6.92 Å². The SMILES string of the molecule is Cc1cnc(-c2cc(C(F)(F)F)cc(C(F)(F)F)c2)c(C)n1. The van der Waals surface area contributed by atoms with Gasteiger partial charge in [0.2, 0.25) is 0 Å². The molecule has 0 aliphatic carbocycles. The molecule has 8 heteroatoms. The summed E-state index contributed by atoms with van der Waals surface area (Å²) in [5.74, 6) is 0. The zero-order valence-electron chi connectivity index (χ0n) is 11.5. The molecule has 118 valence electrons. The topological polar surface area (TPSA) is 25.8 Å². The number of hydrogen-bond donors (Lipinski definition) is 0. The summed E-state index contributed by atoms with van der Waals surface area (Å²) in [5.41, 5.74) is -2.26. The van der Waals surface area contributed by atoms with Crippen molar-refractivity contribution >= 4 is 0 Å². The number of alkyl halides is 6. The molecule has 0 aliphatic heterocycles. The Labute approximate surface area is 121 Å². The second-order valence-electron chi connectivity index (χ2n) is 4.74. The molecule has 1 aromatic carbocycles. The van der Waals surface area contributed by atoms with Crippen LogP contribution < -0.4 is 0 Å². The molecular formula is C14H10F6N2. The molecule has 0 atom stereocenters. The van der Waals surface area contributed by atoms with Crippen LogP contribution >= 0.6 is 0 Å². The Balaban J connectivity index is 2.70. The number of nitrogens with zero attached hydrogens (tertiary/aromatic N) is 2. The minimum Gasteiger partial charge on any atom is -0.255 e. The van der Waals surface area contributed by atoms with Crippen LogP contribution in [0.1, 0.15) is 22.5 Å². The molecule has 2 rings (SSSR count). The van der Waals surface area contributed by atoms with Gasteiger partial charge in [-0.25, -0.2) is 0 Å². The van der Waals surface area contributed by atoms with Gasteiger partial charge in [0.1, 0.15) is 0 Å². The maximum Gasteiger partial charge on any atom is 0.416 e. The molecule has 1 heterocycles. The summed E-state index contributed by atoms with van der Waals surface area (Å²) < 4.78 is 76.9. The first-order valence-electron chi connectivity index (χ1n) is 6.08. The van der Waals surface area contributed by atoms with Gasteiger partial charge in [-0.2, -0.15) is 26.3 Å². The van der Waals surface area contributed by atoms with E-state index in [1.165, 1.54) is 13.1 Å². The monoisotopic (exact) mass is 320 g/mol. The Hall–Kier alpha value is -2.12. The maximum absolute atomic E-state index is 12.8. The van der Waals surface area contributed by atoms with Gasteiger partial charge in [-0.15, -0.1) is 0 Å². The standard InChI is InChI=1S/C14H10F6N2/c1-7-6-21-12(8(2)22-7)9-3-10(13(15,16)17)5-11(4-9)14(18,19)20/h3-6H,1-2H3. The van der Waals surface area contributed by atoms with Crippen LogP contribution in [0.15, 0.2) is 24.4 Å².